The van der Waals surface area contributed by atoms with Crippen LogP contribution >= 0.6 is 23.2 Å². The summed E-state index contributed by atoms with van der Waals surface area (Å²) in [5.74, 6) is 0.732. The molecule has 1 amide bonds. The number of ether oxygens (including phenoxy) is 2. The fourth-order valence-corrected chi connectivity index (χ4v) is 4.97. The Morgan fingerprint density at radius 2 is 1.62 bits per heavy atom. The van der Waals surface area contributed by atoms with E-state index in [4.69, 9.17) is 32.7 Å². The number of carbonyl (C=O) groups is 1. The minimum absolute atomic E-state index is 0.0548. The number of methoxy groups -OCH3 is 2. The highest BCUT2D eigenvalue weighted by Gasteiger charge is 2.27. The Labute approximate surface area is 209 Å². The molecule has 180 valence electrons. The summed E-state index contributed by atoms with van der Waals surface area (Å²) >= 11 is 12.1. The van der Waals surface area contributed by atoms with Gasteiger partial charge in [0.05, 0.1) is 34.8 Å². The Kier molecular flexibility index (Phi) is 8.66. The molecule has 3 aromatic carbocycles. The molecule has 0 unspecified atom stereocenters. The molecule has 0 atom stereocenters. The van der Waals surface area contributed by atoms with Crippen LogP contribution in [0.2, 0.25) is 10.0 Å². The monoisotopic (exact) mass is 522 g/mol. The topological polar surface area (TPSA) is 84.9 Å². The van der Waals surface area contributed by atoms with Crippen LogP contribution in [0.25, 0.3) is 0 Å². The van der Waals surface area contributed by atoms with E-state index in [0.29, 0.717) is 24.5 Å². The van der Waals surface area contributed by atoms with Gasteiger partial charge in [-0.05, 0) is 54.4 Å². The summed E-state index contributed by atoms with van der Waals surface area (Å²) in [7, 11) is -0.926. The van der Waals surface area contributed by atoms with Crippen molar-refractivity contribution in [3.63, 3.8) is 0 Å². The molecule has 0 saturated carbocycles. The van der Waals surface area contributed by atoms with E-state index in [0.717, 1.165) is 9.87 Å². The quantitative estimate of drug-likeness (QED) is 0.421. The van der Waals surface area contributed by atoms with Crippen LogP contribution in [0.4, 0.5) is 5.69 Å². The van der Waals surface area contributed by atoms with E-state index in [-0.39, 0.29) is 20.6 Å². The van der Waals surface area contributed by atoms with Crippen LogP contribution in [0, 0.1) is 0 Å². The molecule has 0 aliphatic rings. The highest BCUT2D eigenvalue weighted by molar-refractivity contribution is 7.92. The molecule has 7 nitrogen and oxygen atoms in total. The smallest absolute Gasteiger partial charge is 0.264 e. The summed E-state index contributed by atoms with van der Waals surface area (Å²) in [5.41, 5.74) is 1.16. The molecule has 34 heavy (non-hydrogen) atoms. The Balaban J connectivity index is 1.76. The highest BCUT2D eigenvalue weighted by atomic mass is 35.5. The first-order valence-corrected chi connectivity index (χ1v) is 12.5. The number of hydrogen-bond donors (Lipinski definition) is 1. The minimum Gasteiger partial charge on any atom is -0.493 e. The number of halogens is 2. The van der Waals surface area contributed by atoms with E-state index in [1.165, 1.54) is 30.3 Å². The standard InChI is InChI=1S/C24H24Cl2N2O5S/c1-32-22-11-8-17(14-23(22)33-2)12-13-27-24(29)16-28(18-9-10-20(25)21(26)15-18)34(30,31)19-6-4-3-5-7-19/h3-11,14-15H,12-13,16H2,1-2H3,(H,27,29). The van der Waals surface area contributed by atoms with Gasteiger partial charge >= 0.3 is 0 Å². The summed E-state index contributed by atoms with van der Waals surface area (Å²) in [5, 5.41) is 3.23. The molecule has 0 radical (unpaired) electrons. The van der Waals surface area contributed by atoms with E-state index in [2.05, 4.69) is 5.32 Å². The number of nitrogens with zero attached hydrogens (tertiary/aromatic N) is 1. The normalized spacial score (nSPS) is 11.1. The molecular formula is C24H24Cl2N2O5S. The first kappa shape index (κ1) is 25.7. The molecule has 0 fully saturated rings. The van der Waals surface area contributed by atoms with Crippen LogP contribution in [-0.2, 0) is 21.2 Å². The van der Waals surface area contributed by atoms with Crippen LogP contribution < -0.4 is 19.1 Å². The van der Waals surface area contributed by atoms with Crippen molar-refractivity contribution in [1.82, 2.24) is 5.32 Å². The van der Waals surface area contributed by atoms with Gasteiger partial charge in [0.15, 0.2) is 11.5 Å². The Hall–Kier alpha value is -2.94. The third-order valence-corrected chi connectivity index (χ3v) is 7.52. The average Bonchev–Trinajstić information content (AvgIpc) is 2.84. The number of anilines is 1. The molecule has 0 bridgehead atoms. The summed E-state index contributed by atoms with van der Waals surface area (Å²) in [6.45, 7) is -0.129. The summed E-state index contributed by atoms with van der Waals surface area (Å²) in [6.07, 6.45) is 0.518. The SMILES string of the molecule is COc1ccc(CCNC(=O)CN(c2ccc(Cl)c(Cl)c2)S(=O)(=O)c2ccccc2)cc1OC. The van der Waals surface area contributed by atoms with Crippen LogP contribution in [0.1, 0.15) is 5.56 Å². The van der Waals surface area contributed by atoms with Gasteiger partial charge in [-0.25, -0.2) is 8.42 Å². The van der Waals surface area contributed by atoms with Crippen molar-refractivity contribution in [2.24, 2.45) is 0 Å². The summed E-state index contributed by atoms with van der Waals surface area (Å²) < 4.78 is 38.2. The zero-order chi connectivity index (χ0) is 24.7. The van der Waals surface area contributed by atoms with E-state index in [1.54, 1.807) is 38.5 Å². The molecule has 0 spiro atoms. The predicted molar refractivity (Wildman–Crippen MR) is 134 cm³/mol. The molecule has 10 heteroatoms. The largest absolute Gasteiger partial charge is 0.493 e. The van der Waals surface area contributed by atoms with Crippen molar-refractivity contribution >= 4 is 44.8 Å². The molecule has 3 aromatic rings. The highest BCUT2D eigenvalue weighted by Crippen LogP contribution is 2.30. The van der Waals surface area contributed by atoms with Gasteiger partial charge in [-0.15, -0.1) is 0 Å². The number of amides is 1. The van der Waals surface area contributed by atoms with Gasteiger partial charge < -0.3 is 14.8 Å². The van der Waals surface area contributed by atoms with Crippen LogP contribution in [0.5, 0.6) is 11.5 Å². The van der Waals surface area contributed by atoms with Gasteiger partial charge in [0.2, 0.25) is 5.91 Å². The molecule has 1 N–H and O–H groups in total. The zero-order valence-corrected chi connectivity index (χ0v) is 21.0. The van der Waals surface area contributed by atoms with Gasteiger partial charge in [-0.3, -0.25) is 9.10 Å². The van der Waals surface area contributed by atoms with Gasteiger partial charge in [0.25, 0.3) is 10.0 Å². The number of rotatable bonds is 10. The van der Waals surface area contributed by atoms with Crippen molar-refractivity contribution in [2.75, 3.05) is 31.6 Å². The lowest BCUT2D eigenvalue weighted by atomic mass is 10.1. The van der Waals surface area contributed by atoms with Gasteiger partial charge in [0, 0.05) is 6.54 Å². The van der Waals surface area contributed by atoms with Gasteiger partial charge in [-0.1, -0.05) is 47.5 Å². The second-order valence-corrected chi connectivity index (χ2v) is 9.89. The lowest BCUT2D eigenvalue weighted by Gasteiger charge is -2.24. The maximum Gasteiger partial charge on any atom is 0.264 e. The lowest BCUT2D eigenvalue weighted by Crippen LogP contribution is -2.41. The van der Waals surface area contributed by atoms with Gasteiger partial charge in [0.1, 0.15) is 6.54 Å². The Morgan fingerprint density at radius 1 is 0.912 bits per heavy atom. The molecule has 0 heterocycles. The fraction of sp³-hybridized carbons (Fsp3) is 0.208. The molecular weight excluding hydrogens is 499 g/mol. The first-order chi connectivity index (χ1) is 16.3. The van der Waals surface area contributed by atoms with Gasteiger partial charge in [-0.2, -0.15) is 0 Å². The first-order valence-electron chi connectivity index (χ1n) is 10.3. The minimum atomic E-state index is -4.03. The zero-order valence-electron chi connectivity index (χ0n) is 18.6. The second kappa shape index (κ2) is 11.5. The van der Waals surface area contributed by atoms with Crippen LogP contribution in [0.15, 0.2) is 71.6 Å². The summed E-state index contributed by atoms with van der Waals surface area (Å²) in [4.78, 5) is 12.8. The third-order valence-electron chi connectivity index (χ3n) is 4.99. The van der Waals surface area contributed by atoms with Crippen molar-refractivity contribution < 1.29 is 22.7 Å². The Bertz CT molecular complexity index is 1250. The molecule has 0 aliphatic heterocycles. The van der Waals surface area contributed by atoms with E-state index in [1.807, 2.05) is 12.1 Å². The summed E-state index contributed by atoms with van der Waals surface area (Å²) in [6, 6.07) is 17.8. The lowest BCUT2D eigenvalue weighted by molar-refractivity contribution is -0.119. The molecule has 0 aliphatic carbocycles. The maximum absolute atomic E-state index is 13.3. The maximum atomic E-state index is 13.3. The fourth-order valence-electron chi connectivity index (χ4n) is 3.24. The molecule has 3 rings (SSSR count). The van der Waals surface area contributed by atoms with Crippen molar-refractivity contribution in [2.45, 2.75) is 11.3 Å². The predicted octanol–water partition coefficient (Wildman–Crippen LogP) is 4.56. The number of sulfonamides is 1. The number of carbonyl (C=O) groups excluding carboxylic acids is 1. The van der Waals surface area contributed by atoms with Crippen molar-refractivity contribution in [3.8, 4) is 11.5 Å². The number of hydrogen-bond acceptors (Lipinski definition) is 5. The molecule has 0 saturated heterocycles. The Morgan fingerprint density at radius 3 is 2.26 bits per heavy atom. The van der Waals surface area contributed by atoms with E-state index >= 15 is 0 Å². The number of benzene rings is 3. The molecule has 0 aromatic heterocycles. The third kappa shape index (κ3) is 6.14. The second-order valence-electron chi connectivity index (χ2n) is 7.21. The average molecular weight is 523 g/mol. The number of nitrogens with one attached hydrogen (secondary N) is 1. The van der Waals surface area contributed by atoms with Crippen molar-refractivity contribution in [1.29, 1.82) is 0 Å². The van der Waals surface area contributed by atoms with Crippen molar-refractivity contribution in [3.05, 3.63) is 82.3 Å². The van der Waals surface area contributed by atoms with Crippen LogP contribution in [0.3, 0.4) is 0 Å². The van der Waals surface area contributed by atoms with Crippen LogP contribution in [-0.4, -0.2) is 41.6 Å². The van der Waals surface area contributed by atoms with E-state index < -0.39 is 22.5 Å². The van der Waals surface area contributed by atoms with E-state index in [9.17, 15) is 13.2 Å².